The average Bonchev–Trinajstić information content (AvgIpc) is 2.17. The van der Waals surface area contributed by atoms with E-state index in [0.717, 1.165) is 0 Å². The SMILES string of the molecule is [B][C@H]1O[C@@H](CO)C(=C)[C@@H]1O. The van der Waals surface area contributed by atoms with E-state index in [1.807, 2.05) is 0 Å². The summed E-state index contributed by atoms with van der Waals surface area (Å²) >= 11 is 0. The molecule has 0 aromatic heterocycles. The lowest BCUT2D eigenvalue weighted by Gasteiger charge is -2.05. The molecule has 1 rings (SSSR count). The van der Waals surface area contributed by atoms with E-state index in [9.17, 15) is 0 Å². The monoisotopic (exact) mass is 140 g/mol. The summed E-state index contributed by atoms with van der Waals surface area (Å²) in [5.41, 5.74) is 0.454. The molecule has 54 valence electrons. The van der Waals surface area contributed by atoms with Gasteiger partial charge >= 0.3 is 0 Å². The third-order valence-corrected chi connectivity index (χ3v) is 1.59. The van der Waals surface area contributed by atoms with Crippen LogP contribution in [0.25, 0.3) is 0 Å². The molecule has 0 aromatic carbocycles. The van der Waals surface area contributed by atoms with Gasteiger partial charge in [0, 0.05) is 6.00 Å². The van der Waals surface area contributed by atoms with E-state index < -0.39 is 18.2 Å². The van der Waals surface area contributed by atoms with Crippen LogP contribution in [-0.2, 0) is 4.74 Å². The van der Waals surface area contributed by atoms with Gasteiger partial charge in [0.15, 0.2) is 0 Å². The Hall–Kier alpha value is -0.315. The van der Waals surface area contributed by atoms with E-state index in [-0.39, 0.29) is 6.61 Å². The highest BCUT2D eigenvalue weighted by molar-refractivity contribution is 6.12. The highest BCUT2D eigenvalue weighted by atomic mass is 16.5. The molecule has 1 saturated heterocycles. The first-order chi connectivity index (χ1) is 4.66. The third-order valence-electron chi connectivity index (χ3n) is 1.59. The van der Waals surface area contributed by atoms with Crippen molar-refractivity contribution in [1.82, 2.24) is 0 Å². The molecule has 0 aliphatic carbocycles. The lowest BCUT2D eigenvalue weighted by molar-refractivity contribution is 0.0336. The van der Waals surface area contributed by atoms with E-state index in [4.69, 9.17) is 22.8 Å². The molecule has 0 saturated carbocycles. The minimum atomic E-state index is -0.836. The fourth-order valence-electron chi connectivity index (χ4n) is 0.913. The minimum Gasteiger partial charge on any atom is -0.393 e. The highest BCUT2D eigenvalue weighted by Gasteiger charge is 2.33. The first kappa shape index (κ1) is 7.79. The third kappa shape index (κ3) is 1.10. The summed E-state index contributed by atoms with van der Waals surface area (Å²) < 4.78 is 4.91. The quantitative estimate of drug-likeness (QED) is 0.355. The van der Waals surface area contributed by atoms with Crippen LogP contribution in [0.2, 0.25) is 0 Å². The Morgan fingerprint density at radius 1 is 1.70 bits per heavy atom. The van der Waals surface area contributed by atoms with Gasteiger partial charge in [-0.15, -0.1) is 0 Å². The second-order valence-corrected chi connectivity index (χ2v) is 2.29. The fraction of sp³-hybridized carbons (Fsp3) is 0.667. The number of aliphatic hydroxyl groups is 2. The number of aliphatic hydroxyl groups excluding tert-OH is 2. The molecule has 0 aromatic rings. The Kier molecular flexibility index (Phi) is 2.13. The van der Waals surface area contributed by atoms with Crippen LogP contribution in [-0.4, -0.2) is 42.9 Å². The first-order valence-electron chi connectivity index (χ1n) is 3.05. The molecular formula is C6H9BO3. The maximum atomic E-state index is 9.11. The Balaban J connectivity index is 2.62. The summed E-state index contributed by atoms with van der Waals surface area (Å²) in [5, 5.41) is 17.7. The highest BCUT2D eigenvalue weighted by Crippen LogP contribution is 2.22. The van der Waals surface area contributed by atoms with Gasteiger partial charge < -0.3 is 14.9 Å². The van der Waals surface area contributed by atoms with Gasteiger partial charge in [-0.2, -0.15) is 0 Å². The zero-order chi connectivity index (χ0) is 7.72. The van der Waals surface area contributed by atoms with Crippen LogP contribution < -0.4 is 0 Å². The molecule has 1 aliphatic heterocycles. The van der Waals surface area contributed by atoms with Crippen LogP contribution in [0.3, 0.4) is 0 Å². The molecule has 1 aliphatic rings. The molecule has 4 heteroatoms. The summed E-state index contributed by atoms with van der Waals surface area (Å²) in [6.45, 7) is 3.35. The molecule has 0 amide bonds. The van der Waals surface area contributed by atoms with E-state index in [1.165, 1.54) is 0 Å². The van der Waals surface area contributed by atoms with Gasteiger partial charge in [-0.1, -0.05) is 6.58 Å². The van der Waals surface area contributed by atoms with Crippen molar-refractivity contribution in [3.63, 3.8) is 0 Å². The Bertz CT molecular complexity index is 148. The lowest BCUT2D eigenvalue weighted by atomic mass is 9.92. The topological polar surface area (TPSA) is 49.7 Å². The summed E-state index contributed by atoms with van der Waals surface area (Å²) in [6.07, 6.45) is -1.33. The number of hydrogen-bond acceptors (Lipinski definition) is 3. The summed E-state index contributed by atoms with van der Waals surface area (Å²) in [7, 11) is 5.29. The number of ether oxygens (including phenoxy) is 1. The van der Waals surface area contributed by atoms with Gasteiger partial charge in [-0.3, -0.25) is 0 Å². The molecule has 3 nitrogen and oxygen atoms in total. The van der Waals surface area contributed by atoms with Crippen LogP contribution in [0.15, 0.2) is 12.2 Å². The molecule has 0 unspecified atom stereocenters. The van der Waals surface area contributed by atoms with Crippen LogP contribution in [0.5, 0.6) is 0 Å². The van der Waals surface area contributed by atoms with E-state index >= 15 is 0 Å². The normalized spacial score (nSPS) is 40.6. The molecule has 2 N–H and O–H groups in total. The maximum Gasteiger partial charge on any atom is 0.113 e. The summed E-state index contributed by atoms with van der Waals surface area (Å²) in [4.78, 5) is 0. The Morgan fingerprint density at radius 2 is 2.30 bits per heavy atom. The van der Waals surface area contributed by atoms with Crippen molar-refractivity contribution in [2.24, 2.45) is 0 Å². The van der Waals surface area contributed by atoms with Crippen molar-refractivity contribution in [2.45, 2.75) is 18.2 Å². The maximum absolute atomic E-state index is 9.11. The van der Waals surface area contributed by atoms with Gasteiger partial charge in [-0.05, 0) is 5.57 Å². The van der Waals surface area contributed by atoms with Crippen molar-refractivity contribution in [3.05, 3.63) is 12.2 Å². The summed E-state index contributed by atoms with van der Waals surface area (Å²) in [6, 6.07) is -0.732. The molecule has 0 bridgehead atoms. The zero-order valence-electron chi connectivity index (χ0n) is 5.53. The average molecular weight is 140 g/mol. The van der Waals surface area contributed by atoms with Crippen molar-refractivity contribution in [3.8, 4) is 0 Å². The van der Waals surface area contributed by atoms with Crippen LogP contribution in [0.1, 0.15) is 0 Å². The Morgan fingerprint density at radius 3 is 2.50 bits per heavy atom. The summed E-state index contributed by atoms with van der Waals surface area (Å²) in [5.74, 6) is 0. The Labute approximate surface area is 60.7 Å². The van der Waals surface area contributed by atoms with Crippen molar-refractivity contribution < 1.29 is 14.9 Å². The molecule has 0 spiro atoms. The van der Waals surface area contributed by atoms with E-state index in [2.05, 4.69) is 6.58 Å². The largest absolute Gasteiger partial charge is 0.393 e. The predicted molar refractivity (Wildman–Crippen MR) is 36.6 cm³/mol. The van der Waals surface area contributed by atoms with E-state index in [1.54, 1.807) is 0 Å². The van der Waals surface area contributed by atoms with Gasteiger partial charge in [0.05, 0.1) is 12.7 Å². The first-order valence-corrected chi connectivity index (χ1v) is 3.05. The van der Waals surface area contributed by atoms with Crippen molar-refractivity contribution >= 4 is 7.85 Å². The number of rotatable bonds is 1. The second kappa shape index (κ2) is 2.74. The molecular weight excluding hydrogens is 131 g/mol. The van der Waals surface area contributed by atoms with Crippen LogP contribution in [0.4, 0.5) is 0 Å². The predicted octanol–water partition coefficient (Wildman–Crippen LogP) is -1.21. The van der Waals surface area contributed by atoms with Crippen molar-refractivity contribution in [1.29, 1.82) is 0 Å². The molecule has 1 fully saturated rings. The fourth-order valence-corrected chi connectivity index (χ4v) is 0.913. The molecule has 10 heavy (non-hydrogen) atoms. The zero-order valence-corrected chi connectivity index (χ0v) is 5.53. The minimum absolute atomic E-state index is 0.177. The van der Waals surface area contributed by atoms with Gasteiger partial charge in [0.2, 0.25) is 0 Å². The second-order valence-electron chi connectivity index (χ2n) is 2.29. The van der Waals surface area contributed by atoms with Gasteiger partial charge in [0.25, 0.3) is 0 Å². The van der Waals surface area contributed by atoms with Gasteiger partial charge in [-0.25, -0.2) is 0 Å². The van der Waals surface area contributed by atoms with Crippen LogP contribution in [0, 0.1) is 0 Å². The smallest absolute Gasteiger partial charge is 0.113 e. The van der Waals surface area contributed by atoms with E-state index in [0.29, 0.717) is 5.57 Å². The van der Waals surface area contributed by atoms with Gasteiger partial charge in [0.1, 0.15) is 14.0 Å². The standard InChI is InChI=1S/C6H9BO3/c1-3-4(2-8)10-6(7)5(3)9/h4-6,8-9H,1-2H2/t4-,5-,6-/m0/s1. The van der Waals surface area contributed by atoms with Crippen LogP contribution >= 0.6 is 0 Å². The lowest BCUT2D eigenvalue weighted by Crippen LogP contribution is -2.21. The number of hydrogen-bond donors (Lipinski definition) is 2. The molecule has 2 radical (unpaired) electrons. The molecule has 1 heterocycles. The van der Waals surface area contributed by atoms with Crippen molar-refractivity contribution in [2.75, 3.05) is 6.61 Å². The molecule has 3 atom stereocenters.